The molecule has 6 nitrogen and oxygen atoms in total. The average Bonchev–Trinajstić information content (AvgIpc) is 2.60. The van der Waals surface area contributed by atoms with Crippen LogP contribution in [0.15, 0.2) is 41.0 Å². The molecule has 0 unspecified atom stereocenters. The van der Waals surface area contributed by atoms with Crippen LogP contribution in [0, 0.1) is 0 Å². The number of pyridine rings is 2. The topological polar surface area (TPSA) is 81.5 Å². The minimum Gasteiger partial charge on any atom is -0.505 e. The SMILES string of the molecule is CCOC(=O)c1nc(Br)c2nc(Oc3ccccc3Cl)ccc2c1O. The summed E-state index contributed by atoms with van der Waals surface area (Å²) in [6, 6.07) is 10.1. The molecular formula is C17H12BrClN2O4. The van der Waals surface area contributed by atoms with Crippen molar-refractivity contribution < 1.29 is 19.4 Å². The molecule has 25 heavy (non-hydrogen) atoms. The van der Waals surface area contributed by atoms with Gasteiger partial charge in [-0.25, -0.2) is 14.8 Å². The third-order valence-electron chi connectivity index (χ3n) is 3.27. The fraction of sp³-hybridized carbons (Fsp3) is 0.118. The Hall–Kier alpha value is -2.38. The van der Waals surface area contributed by atoms with Crippen molar-refractivity contribution in [1.29, 1.82) is 0 Å². The third-order valence-corrected chi connectivity index (χ3v) is 4.14. The molecule has 0 fully saturated rings. The van der Waals surface area contributed by atoms with Crippen molar-refractivity contribution in [2.75, 3.05) is 6.61 Å². The Labute approximate surface area is 156 Å². The van der Waals surface area contributed by atoms with E-state index in [2.05, 4.69) is 25.9 Å². The lowest BCUT2D eigenvalue weighted by Crippen LogP contribution is -2.08. The predicted molar refractivity (Wildman–Crippen MR) is 96.4 cm³/mol. The Morgan fingerprint density at radius 1 is 1.24 bits per heavy atom. The van der Waals surface area contributed by atoms with Gasteiger partial charge in [-0.3, -0.25) is 0 Å². The molecule has 0 amide bonds. The zero-order chi connectivity index (χ0) is 18.0. The van der Waals surface area contributed by atoms with Crippen LogP contribution in [-0.2, 0) is 4.74 Å². The number of hydrogen-bond donors (Lipinski definition) is 1. The first kappa shape index (κ1) is 17.4. The van der Waals surface area contributed by atoms with E-state index in [4.69, 9.17) is 21.1 Å². The molecule has 0 aliphatic rings. The van der Waals surface area contributed by atoms with Gasteiger partial charge in [-0.15, -0.1) is 0 Å². The smallest absolute Gasteiger partial charge is 0.360 e. The molecular weight excluding hydrogens is 412 g/mol. The average molecular weight is 424 g/mol. The maximum absolute atomic E-state index is 11.9. The molecule has 2 aromatic heterocycles. The van der Waals surface area contributed by atoms with Crippen molar-refractivity contribution in [2.24, 2.45) is 0 Å². The van der Waals surface area contributed by atoms with E-state index in [9.17, 15) is 9.90 Å². The second-order valence-electron chi connectivity index (χ2n) is 4.90. The first-order valence-electron chi connectivity index (χ1n) is 7.30. The van der Waals surface area contributed by atoms with E-state index in [1.165, 1.54) is 0 Å². The Balaban J connectivity index is 2.04. The number of carbonyl (C=O) groups is 1. The number of benzene rings is 1. The first-order valence-corrected chi connectivity index (χ1v) is 8.47. The highest BCUT2D eigenvalue weighted by Crippen LogP contribution is 2.34. The summed E-state index contributed by atoms with van der Waals surface area (Å²) in [4.78, 5) is 20.2. The molecule has 3 aromatic rings. The zero-order valence-electron chi connectivity index (χ0n) is 13.0. The summed E-state index contributed by atoms with van der Waals surface area (Å²) in [5.41, 5.74) is 0.165. The maximum atomic E-state index is 11.9. The van der Waals surface area contributed by atoms with Crippen LogP contribution in [0.3, 0.4) is 0 Å². The van der Waals surface area contributed by atoms with Crippen molar-refractivity contribution in [3.05, 3.63) is 51.7 Å². The molecule has 0 saturated heterocycles. The number of esters is 1. The molecule has 128 valence electrons. The second-order valence-corrected chi connectivity index (χ2v) is 6.06. The van der Waals surface area contributed by atoms with Gasteiger partial charge in [0.15, 0.2) is 11.4 Å². The normalized spacial score (nSPS) is 10.7. The van der Waals surface area contributed by atoms with Gasteiger partial charge in [0.2, 0.25) is 5.88 Å². The Morgan fingerprint density at radius 3 is 2.72 bits per heavy atom. The highest BCUT2D eigenvalue weighted by atomic mass is 79.9. The van der Waals surface area contributed by atoms with Crippen LogP contribution >= 0.6 is 27.5 Å². The maximum Gasteiger partial charge on any atom is 0.360 e. The molecule has 0 aliphatic heterocycles. The zero-order valence-corrected chi connectivity index (χ0v) is 15.3. The summed E-state index contributed by atoms with van der Waals surface area (Å²) in [5.74, 6) is -0.286. The Kier molecular flexibility index (Phi) is 5.06. The van der Waals surface area contributed by atoms with Gasteiger partial charge >= 0.3 is 5.97 Å². The number of para-hydroxylation sites is 1. The van der Waals surface area contributed by atoms with Crippen molar-refractivity contribution in [3.8, 4) is 17.4 Å². The summed E-state index contributed by atoms with van der Waals surface area (Å²) >= 11 is 9.33. The van der Waals surface area contributed by atoms with Gasteiger partial charge in [-0.05, 0) is 41.1 Å². The molecule has 0 radical (unpaired) electrons. The van der Waals surface area contributed by atoms with Gasteiger partial charge in [0, 0.05) is 11.5 Å². The molecule has 0 atom stereocenters. The van der Waals surface area contributed by atoms with Gasteiger partial charge in [-0.1, -0.05) is 23.7 Å². The summed E-state index contributed by atoms with van der Waals surface area (Å²) in [6.45, 7) is 1.85. The van der Waals surface area contributed by atoms with Crippen LogP contribution in [0.25, 0.3) is 10.9 Å². The van der Waals surface area contributed by atoms with Crippen LogP contribution in [0.4, 0.5) is 0 Å². The van der Waals surface area contributed by atoms with Crippen molar-refractivity contribution in [3.63, 3.8) is 0 Å². The minimum atomic E-state index is -0.709. The largest absolute Gasteiger partial charge is 0.505 e. The quantitative estimate of drug-likeness (QED) is 0.483. The van der Waals surface area contributed by atoms with E-state index in [1.807, 2.05) is 0 Å². The van der Waals surface area contributed by atoms with Gasteiger partial charge in [0.1, 0.15) is 15.9 Å². The fourth-order valence-electron chi connectivity index (χ4n) is 2.16. The number of nitrogens with zero attached hydrogens (tertiary/aromatic N) is 2. The summed E-state index contributed by atoms with van der Waals surface area (Å²) in [7, 11) is 0. The molecule has 3 rings (SSSR count). The van der Waals surface area contributed by atoms with Crippen molar-refractivity contribution >= 4 is 44.4 Å². The lowest BCUT2D eigenvalue weighted by molar-refractivity contribution is 0.0516. The van der Waals surface area contributed by atoms with Crippen LogP contribution in [0.1, 0.15) is 17.4 Å². The molecule has 0 saturated carbocycles. The number of halogens is 2. The van der Waals surface area contributed by atoms with Crippen LogP contribution in [-0.4, -0.2) is 27.7 Å². The lowest BCUT2D eigenvalue weighted by Gasteiger charge is -2.10. The van der Waals surface area contributed by atoms with E-state index in [0.717, 1.165) is 0 Å². The van der Waals surface area contributed by atoms with E-state index < -0.39 is 5.97 Å². The van der Waals surface area contributed by atoms with Gasteiger partial charge < -0.3 is 14.6 Å². The predicted octanol–water partition coefficient (Wildman–Crippen LogP) is 4.72. The minimum absolute atomic E-state index is 0.178. The molecule has 2 heterocycles. The number of rotatable bonds is 4. The summed E-state index contributed by atoms with van der Waals surface area (Å²) < 4.78 is 10.8. The fourth-order valence-corrected chi connectivity index (χ4v) is 2.81. The van der Waals surface area contributed by atoms with Gasteiger partial charge in [0.05, 0.1) is 11.6 Å². The number of ether oxygens (including phenoxy) is 2. The van der Waals surface area contributed by atoms with Crippen LogP contribution in [0.2, 0.25) is 5.02 Å². The van der Waals surface area contributed by atoms with Gasteiger partial charge in [-0.2, -0.15) is 0 Å². The van der Waals surface area contributed by atoms with E-state index in [-0.39, 0.29) is 28.5 Å². The molecule has 1 aromatic carbocycles. The van der Waals surface area contributed by atoms with Crippen LogP contribution in [0.5, 0.6) is 17.4 Å². The number of carbonyl (C=O) groups excluding carboxylic acids is 1. The van der Waals surface area contributed by atoms with Crippen molar-refractivity contribution in [1.82, 2.24) is 9.97 Å². The molecule has 0 spiro atoms. The number of fused-ring (bicyclic) bond motifs is 1. The molecule has 8 heteroatoms. The van der Waals surface area contributed by atoms with Crippen molar-refractivity contribution in [2.45, 2.75) is 6.92 Å². The highest BCUT2D eigenvalue weighted by Gasteiger charge is 2.20. The number of aromatic hydroxyl groups is 1. The van der Waals surface area contributed by atoms with E-state index in [1.54, 1.807) is 43.3 Å². The van der Waals surface area contributed by atoms with E-state index >= 15 is 0 Å². The Bertz CT molecular complexity index is 965. The highest BCUT2D eigenvalue weighted by molar-refractivity contribution is 9.10. The second kappa shape index (κ2) is 7.25. The summed E-state index contributed by atoms with van der Waals surface area (Å²) in [6.07, 6.45) is 0. The monoisotopic (exact) mass is 422 g/mol. The molecule has 0 aliphatic carbocycles. The number of hydrogen-bond acceptors (Lipinski definition) is 6. The van der Waals surface area contributed by atoms with E-state index in [0.29, 0.717) is 21.7 Å². The number of aromatic nitrogens is 2. The first-order chi connectivity index (χ1) is 12.0. The third kappa shape index (κ3) is 3.52. The summed E-state index contributed by atoms with van der Waals surface area (Å²) in [5, 5.41) is 11.1. The molecule has 1 N–H and O–H groups in total. The van der Waals surface area contributed by atoms with Gasteiger partial charge in [0.25, 0.3) is 0 Å². The van der Waals surface area contributed by atoms with Crippen LogP contribution < -0.4 is 4.74 Å². The lowest BCUT2D eigenvalue weighted by atomic mass is 10.2. The standard InChI is InChI=1S/C17H12BrClN2O4/c1-2-24-17(23)14-15(22)9-7-8-12(20-13(9)16(18)21-14)25-11-6-4-3-5-10(11)19/h3-8,22H,2H2,1H3. The Morgan fingerprint density at radius 2 is 2.00 bits per heavy atom. The molecule has 0 bridgehead atoms.